The molecule has 2 amide bonds. The second-order valence-electron chi connectivity index (χ2n) is 5.49. The second-order valence-corrected chi connectivity index (χ2v) is 5.49. The fourth-order valence-corrected chi connectivity index (χ4v) is 2.52. The predicted molar refractivity (Wildman–Crippen MR) is 96.2 cm³/mol. The van der Waals surface area contributed by atoms with Crippen LogP contribution >= 0.6 is 0 Å². The molecule has 2 aromatic rings. The smallest absolute Gasteiger partial charge is 0.317 e. The van der Waals surface area contributed by atoms with E-state index in [9.17, 15) is 4.79 Å². The largest absolute Gasteiger partial charge is 0.493 e. The zero-order valence-corrected chi connectivity index (χ0v) is 15.0. The number of nitrogens with zero attached hydrogens (tertiary/aromatic N) is 1. The van der Waals surface area contributed by atoms with Gasteiger partial charge in [-0.25, -0.2) is 4.79 Å². The van der Waals surface area contributed by atoms with Gasteiger partial charge in [0.1, 0.15) is 0 Å². The van der Waals surface area contributed by atoms with Crippen LogP contribution in [-0.2, 0) is 13.1 Å². The van der Waals surface area contributed by atoms with Gasteiger partial charge >= 0.3 is 6.03 Å². The van der Waals surface area contributed by atoms with Gasteiger partial charge in [-0.05, 0) is 17.7 Å². The van der Waals surface area contributed by atoms with E-state index in [4.69, 9.17) is 14.2 Å². The van der Waals surface area contributed by atoms with Crippen molar-refractivity contribution in [3.05, 3.63) is 53.6 Å². The van der Waals surface area contributed by atoms with Crippen molar-refractivity contribution >= 4 is 6.03 Å². The summed E-state index contributed by atoms with van der Waals surface area (Å²) in [6, 6.07) is 13.3. The number of amides is 2. The van der Waals surface area contributed by atoms with Crippen molar-refractivity contribution < 1.29 is 19.0 Å². The molecule has 0 saturated carbocycles. The summed E-state index contributed by atoms with van der Waals surface area (Å²) in [5.41, 5.74) is 1.88. The topological polar surface area (TPSA) is 60.0 Å². The lowest BCUT2D eigenvalue weighted by atomic mass is 10.1. The van der Waals surface area contributed by atoms with Gasteiger partial charge in [0.25, 0.3) is 0 Å². The van der Waals surface area contributed by atoms with Crippen LogP contribution in [-0.4, -0.2) is 39.3 Å². The zero-order chi connectivity index (χ0) is 18.2. The van der Waals surface area contributed by atoms with Crippen LogP contribution in [0.3, 0.4) is 0 Å². The Bertz CT molecular complexity index is 704. The molecule has 6 nitrogen and oxygen atoms in total. The maximum absolute atomic E-state index is 12.3. The van der Waals surface area contributed by atoms with Crippen molar-refractivity contribution in [2.24, 2.45) is 0 Å². The molecule has 0 unspecified atom stereocenters. The number of rotatable bonds is 7. The molecule has 0 aromatic heterocycles. The van der Waals surface area contributed by atoms with Crippen LogP contribution in [0.25, 0.3) is 0 Å². The minimum atomic E-state index is -0.166. The molecule has 0 radical (unpaired) electrons. The molecule has 0 heterocycles. The van der Waals surface area contributed by atoms with Crippen molar-refractivity contribution in [2.45, 2.75) is 13.1 Å². The maximum atomic E-state index is 12.3. The number of carbonyl (C=O) groups is 1. The van der Waals surface area contributed by atoms with E-state index in [1.54, 1.807) is 39.3 Å². The molecule has 0 saturated heterocycles. The minimum absolute atomic E-state index is 0.166. The highest BCUT2D eigenvalue weighted by atomic mass is 16.5. The SMILES string of the molecule is COc1ccc(CN(C)C(=O)NCc2ccccc2)c(OC)c1OC. The molecule has 134 valence electrons. The zero-order valence-electron chi connectivity index (χ0n) is 15.0. The highest BCUT2D eigenvalue weighted by molar-refractivity contribution is 5.74. The molecule has 0 atom stereocenters. The third-order valence-electron chi connectivity index (χ3n) is 3.83. The number of ether oxygens (including phenoxy) is 3. The van der Waals surface area contributed by atoms with Gasteiger partial charge < -0.3 is 24.4 Å². The van der Waals surface area contributed by atoms with E-state index in [-0.39, 0.29) is 6.03 Å². The molecule has 25 heavy (non-hydrogen) atoms. The van der Waals surface area contributed by atoms with Crippen LogP contribution < -0.4 is 19.5 Å². The molecule has 0 bridgehead atoms. The number of benzene rings is 2. The lowest BCUT2D eigenvalue weighted by Crippen LogP contribution is -2.36. The number of carbonyl (C=O) groups excluding carboxylic acids is 1. The first kappa shape index (κ1) is 18.4. The molecule has 0 aliphatic carbocycles. The Kier molecular flexibility index (Phi) is 6.51. The lowest BCUT2D eigenvalue weighted by molar-refractivity contribution is 0.205. The van der Waals surface area contributed by atoms with Crippen molar-refractivity contribution in [3.8, 4) is 17.2 Å². The van der Waals surface area contributed by atoms with Gasteiger partial charge in [0, 0.05) is 19.2 Å². The lowest BCUT2D eigenvalue weighted by Gasteiger charge is -2.21. The first-order valence-electron chi connectivity index (χ1n) is 7.91. The number of hydrogen-bond donors (Lipinski definition) is 1. The van der Waals surface area contributed by atoms with E-state index in [1.807, 2.05) is 36.4 Å². The summed E-state index contributed by atoms with van der Waals surface area (Å²) in [4.78, 5) is 13.9. The van der Waals surface area contributed by atoms with Crippen LogP contribution in [0.4, 0.5) is 4.79 Å². The third-order valence-corrected chi connectivity index (χ3v) is 3.83. The summed E-state index contributed by atoms with van der Waals surface area (Å²) in [7, 11) is 6.42. The summed E-state index contributed by atoms with van der Waals surface area (Å²) < 4.78 is 16.1. The fourth-order valence-electron chi connectivity index (χ4n) is 2.52. The van der Waals surface area contributed by atoms with Gasteiger partial charge in [0.2, 0.25) is 5.75 Å². The fraction of sp³-hybridized carbons (Fsp3) is 0.316. The van der Waals surface area contributed by atoms with Gasteiger partial charge in [-0.1, -0.05) is 30.3 Å². The highest BCUT2D eigenvalue weighted by Crippen LogP contribution is 2.40. The number of nitrogens with one attached hydrogen (secondary N) is 1. The molecule has 0 fully saturated rings. The van der Waals surface area contributed by atoms with Crippen LogP contribution in [0.15, 0.2) is 42.5 Å². The Morgan fingerprint density at radius 3 is 2.24 bits per heavy atom. The molecular weight excluding hydrogens is 320 g/mol. The van der Waals surface area contributed by atoms with Gasteiger partial charge in [-0.2, -0.15) is 0 Å². The molecule has 6 heteroatoms. The van der Waals surface area contributed by atoms with E-state index in [1.165, 1.54) is 0 Å². The standard InChI is InChI=1S/C19H24N2O4/c1-21(19(22)20-12-14-8-6-5-7-9-14)13-15-10-11-16(23-2)18(25-4)17(15)24-3/h5-11H,12-13H2,1-4H3,(H,20,22). The van der Waals surface area contributed by atoms with Gasteiger partial charge in [-0.3, -0.25) is 0 Å². The van der Waals surface area contributed by atoms with Gasteiger partial charge in [-0.15, -0.1) is 0 Å². The first-order chi connectivity index (χ1) is 12.1. The van der Waals surface area contributed by atoms with Gasteiger partial charge in [0.15, 0.2) is 11.5 Å². The van der Waals surface area contributed by atoms with E-state index >= 15 is 0 Å². The Labute approximate surface area is 148 Å². The van der Waals surface area contributed by atoms with E-state index in [0.717, 1.165) is 11.1 Å². The molecule has 1 N–H and O–H groups in total. The summed E-state index contributed by atoms with van der Waals surface area (Å²) in [5, 5.41) is 2.90. The van der Waals surface area contributed by atoms with E-state index < -0.39 is 0 Å². The molecule has 0 aliphatic heterocycles. The average molecular weight is 344 g/mol. The second kappa shape index (κ2) is 8.82. The highest BCUT2D eigenvalue weighted by Gasteiger charge is 2.18. The van der Waals surface area contributed by atoms with Gasteiger partial charge in [0.05, 0.1) is 27.9 Å². The predicted octanol–water partition coefficient (Wildman–Crippen LogP) is 3.05. The Morgan fingerprint density at radius 1 is 0.960 bits per heavy atom. The van der Waals surface area contributed by atoms with Crippen LogP contribution in [0.2, 0.25) is 0 Å². The maximum Gasteiger partial charge on any atom is 0.317 e. The van der Waals surface area contributed by atoms with Crippen molar-refractivity contribution in [2.75, 3.05) is 28.4 Å². The molecular formula is C19H24N2O4. The molecule has 2 aromatic carbocycles. The van der Waals surface area contributed by atoms with Crippen LogP contribution in [0.5, 0.6) is 17.2 Å². The van der Waals surface area contributed by atoms with Crippen LogP contribution in [0, 0.1) is 0 Å². The average Bonchev–Trinajstić information content (AvgIpc) is 2.66. The summed E-state index contributed by atoms with van der Waals surface area (Å²) >= 11 is 0. The monoisotopic (exact) mass is 344 g/mol. The third kappa shape index (κ3) is 4.56. The number of methoxy groups -OCH3 is 3. The summed E-state index contributed by atoms with van der Waals surface area (Å²) in [6.45, 7) is 0.858. The van der Waals surface area contributed by atoms with E-state index in [0.29, 0.717) is 30.3 Å². The van der Waals surface area contributed by atoms with Crippen molar-refractivity contribution in [3.63, 3.8) is 0 Å². The Balaban J connectivity index is 2.06. The Morgan fingerprint density at radius 2 is 1.64 bits per heavy atom. The summed E-state index contributed by atoms with van der Waals surface area (Å²) in [6.07, 6.45) is 0. The normalized spacial score (nSPS) is 10.1. The summed E-state index contributed by atoms with van der Waals surface area (Å²) in [5.74, 6) is 1.66. The quantitative estimate of drug-likeness (QED) is 0.839. The Hall–Kier alpha value is -2.89. The molecule has 0 aliphatic rings. The van der Waals surface area contributed by atoms with Crippen molar-refractivity contribution in [1.29, 1.82) is 0 Å². The first-order valence-corrected chi connectivity index (χ1v) is 7.91. The van der Waals surface area contributed by atoms with Crippen molar-refractivity contribution in [1.82, 2.24) is 10.2 Å². The number of urea groups is 1. The molecule has 0 spiro atoms. The number of hydrogen-bond acceptors (Lipinski definition) is 4. The molecule has 2 rings (SSSR count). The van der Waals surface area contributed by atoms with E-state index in [2.05, 4.69) is 5.32 Å². The van der Waals surface area contributed by atoms with Crippen LogP contribution in [0.1, 0.15) is 11.1 Å². The minimum Gasteiger partial charge on any atom is -0.493 e.